The molecule has 0 fully saturated rings. The van der Waals surface area contributed by atoms with E-state index in [0.29, 0.717) is 6.54 Å². The lowest BCUT2D eigenvalue weighted by Crippen LogP contribution is -2.29. The summed E-state index contributed by atoms with van der Waals surface area (Å²) < 4.78 is 1.83. The van der Waals surface area contributed by atoms with E-state index in [9.17, 15) is 4.79 Å². The number of aromatic nitrogens is 3. The van der Waals surface area contributed by atoms with Gasteiger partial charge in [0.15, 0.2) is 0 Å². The molecule has 5 nitrogen and oxygen atoms in total. The van der Waals surface area contributed by atoms with Crippen molar-refractivity contribution in [2.24, 2.45) is 0 Å². The molecule has 1 amide bonds. The van der Waals surface area contributed by atoms with Crippen molar-refractivity contribution in [3.8, 4) is 16.3 Å². The molecule has 3 heterocycles. The summed E-state index contributed by atoms with van der Waals surface area (Å²) in [5.74, 6) is 0.0153. The molecule has 0 spiro atoms. The van der Waals surface area contributed by atoms with Gasteiger partial charge in [-0.3, -0.25) is 4.79 Å². The number of carbonyl (C=O) groups excluding carboxylic acids is 1. The second-order valence-electron chi connectivity index (χ2n) is 7.59. The predicted octanol–water partition coefficient (Wildman–Crippen LogP) is 6.31. The molecule has 0 aliphatic carbocycles. The Morgan fingerprint density at radius 3 is 2.45 bits per heavy atom. The molecule has 0 saturated carbocycles. The van der Waals surface area contributed by atoms with Crippen molar-refractivity contribution >= 4 is 34.7 Å². The van der Waals surface area contributed by atoms with Crippen molar-refractivity contribution in [1.29, 1.82) is 0 Å². The Balaban J connectivity index is 1.31. The lowest BCUT2D eigenvalue weighted by Gasteiger charge is -2.22. The Labute approximate surface area is 199 Å². The van der Waals surface area contributed by atoms with E-state index in [2.05, 4.69) is 28.3 Å². The zero-order valence-electron chi connectivity index (χ0n) is 17.5. The second kappa shape index (κ2) is 8.35. The Hall–Kier alpha value is -3.68. The lowest BCUT2D eigenvalue weighted by molar-refractivity contribution is 0.0982. The largest absolute Gasteiger partial charge is 0.302 e. The SMILES string of the molecule is O=C1c2ccccc2Sc2ccccc2N1Cc1cnc(-c2ccc(-n3cccn3)cc2)s1. The number of hydrogen-bond donors (Lipinski definition) is 0. The van der Waals surface area contributed by atoms with Crippen LogP contribution in [0.15, 0.2) is 107 Å². The molecule has 1 aliphatic heterocycles. The van der Waals surface area contributed by atoms with Crippen LogP contribution < -0.4 is 4.90 Å². The van der Waals surface area contributed by atoms with Gasteiger partial charge in [0.1, 0.15) is 5.01 Å². The number of hydrogen-bond acceptors (Lipinski definition) is 5. The van der Waals surface area contributed by atoms with Crippen LogP contribution in [0.1, 0.15) is 15.2 Å². The van der Waals surface area contributed by atoms with Gasteiger partial charge >= 0.3 is 0 Å². The van der Waals surface area contributed by atoms with Crippen LogP contribution in [-0.4, -0.2) is 20.7 Å². The summed E-state index contributed by atoms with van der Waals surface area (Å²) in [5.41, 5.74) is 3.72. The van der Waals surface area contributed by atoms with Crippen molar-refractivity contribution in [3.05, 3.63) is 108 Å². The molecule has 0 bridgehead atoms. The highest BCUT2D eigenvalue weighted by Crippen LogP contribution is 2.42. The molecule has 6 rings (SSSR count). The maximum atomic E-state index is 13.5. The van der Waals surface area contributed by atoms with Gasteiger partial charge in [0.05, 0.1) is 23.5 Å². The first-order valence-corrected chi connectivity index (χ1v) is 12.1. The molecular weight excluding hydrogens is 448 g/mol. The van der Waals surface area contributed by atoms with Gasteiger partial charge in [0.2, 0.25) is 0 Å². The van der Waals surface area contributed by atoms with Crippen molar-refractivity contribution in [3.63, 3.8) is 0 Å². The highest BCUT2D eigenvalue weighted by molar-refractivity contribution is 7.99. The molecule has 7 heteroatoms. The van der Waals surface area contributed by atoms with Crippen LogP contribution in [0.3, 0.4) is 0 Å². The molecule has 1 aliphatic rings. The average molecular weight is 467 g/mol. The fourth-order valence-electron chi connectivity index (χ4n) is 3.88. The van der Waals surface area contributed by atoms with Crippen LogP contribution in [0.5, 0.6) is 0 Å². The molecule has 33 heavy (non-hydrogen) atoms. The molecule has 160 valence electrons. The number of fused-ring (bicyclic) bond motifs is 2. The molecule has 0 unspecified atom stereocenters. The summed E-state index contributed by atoms with van der Waals surface area (Å²) in [5, 5.41) is 5.20. The van der Waals surface area contributed by atoms with E-state index in [0.717, 1.165) is 42.2 Å². The van der Waals surface area contributed by atoms with Gasteiger partial charge < -0.3 is 4.90 Å². The molecule has 2 aromatic heterocycles. The number of rotatable bonds is 4. The van der Waals surface area contributed by atoms with E-state index in [1.807, 2.05) is 82.6 Å². The number of nitrogens with zero attached hydrogens (tertiary/aromatic N) is 4. The van der Waals surface area contributed by atoms with E-state index in [1.165, 1.54) is 0 Å². The topological polar surface area (TPSA) is 51.0 Å². The summed E-state index contributed by atoms with van der Waals surface area (Å²) >= 11 is 3.26. The molecule has 0 saturated heterocycles. The third-order valence-electron chi connectivity index (χ3n) is 5.49. The average Bonchev–Trinajstić information content (AvgIpc) is 3.54. The Morgan fingerprint density at radius 1 is 0.848 bits per heavy atom. The molecule has 3 aromatic carbocycles. The van der Waals surface area contributed by atoms with Gasteiger partial charge in [-0.15, -0.1) is 11.3 Å². The van der Waals surface area contributed by atoms with Gasteiger partial charge in [-0.1, -0.05) is 36.0 Å². The summed E-state index contributed by atoms with van der Waals surface area (Å²) in [4.78, 5) is 23.1. The molecule has 5 aromatic rings. The first-order valence-electron chi connectivity index (χ1n) is 10.5. The Morgan fingerprint density at radius 2 is 1.64 bits per heavy atom. The number of thiazole rings is 1. The third kappa shape index (κ3) is 3.75. The second-order valence-corrected chi connectivity index (χ2v) is 9.79. The van der Waals surface area contributed by atoms with Gasteiger partial charge in [0, 0.05) is 38.8 Å². The maximum absolute atomic E-state index is 13.5. The van der Waals surface area contributed by atoms with Crippen LogP contribution in [0.4, 0.5) is 5.69 Å². The number of carbonyl (C=O) groups is 1. The van der Waals surface area contributed by atoms with E-state index in [-0.39, 0.29) is 5.91 Å². The number of anilines is 1. The Kier molecular flexibility index (Phi) is 5.05. The predicted molar refractivity (Wildman–Crippen MR) is 132 cm³/mol. The van der Waals surface area contributed by atoms with Crippen molar-refractivity contribution in [2.45, 2.75) is 16.3 Å². The molecule has 0 radical (unpaired) electrons. The number of para-hydroxylation sites is 1. The zero-order valence-corrected chi connectivity index (χ0v) is 19.1. The van der Waals surface area contributed by atoms with Crippen molar-refractivity contribution in [1.82, 2.24) is 14.8 Å². The van der Waals surface area contributed by atoms with Crippen LogP contribution >= 0.6 is 23.1 Å². The number of amides is 1. The molecular formula is C26H18N4OS2. The van der Waals surface area contributed by atoms with E-state index in [4.69, 9.17) is 0 Å². The summed E-state index contributed by atoms with van der Waals surface area (Å²) in [6.07, 6.45) is 5.56. The molecule has 0 atom stereocenters. The van der Waals surface area contributed by atoms with Crippen molar-refractivity contribution < 1.29 is 4.79 Å². The van der Waals surface area contributed by atoms with Gasteiger partial charge in [-0.05, 0) is 54.6 Å². The minimum Gasteiger partial charge on any atom is -0.302 e. The lowest BCUT2D eigenvalue weighted by atomic mass is 10.1. The monoisotopic (exact) mass is 466 g/mol. The van der Waals surface area contributed by atoms with Crippen molar-refractivity contribution in [2.75, 3.05) is 4.90 Å². The minimum atomic E-state index is 0.0153. The fourth-order valence-corrected chi connectivity index (χ4v) is 5.86. The van der Waals surface area contributed by atoms with E-state index >= 15 is 0 Å². The van der Waals surface area contributed by atoms with Gasteiger partial charge in [-0.25, -0.2) is 9.67 Å². The Bertz CT molecular complexity index is 1440. The normalized spacial score (nSPS) is 12.8. The van der Waals surface area contributed by atoms with Crippen LogP contribution in [0.2, 0.25) is 0 Å². The third-order valence-corrected chi connectivity index (χ3v) is 7.66. The summed E-state index contributed by atoms with van der Waals surface area (Å²) in [6.45, 7) is 0.480. The van der Waals surface area contributed by atoms with Crippen LogP contribution in [-0.2, 0) is 6.54 Å². The quantitative estimate of drug-likeness (QED) is 0.312. The minimum absolute atomic E-state index is 0.0153. The number of benzene rings is 3. The maximum Gasteiger partial charge on any atom is 0.259 e. The zero-order chi connectivity index (χ0) is 22.2. The fraction of sp³-hybridized carbons (Fsp3) is 0.0385. The van der Waals surface area contributed by atoms with Crippen LogP contribution in [0.25, 0.3) is 16.3 Å². The highest BCUT2D eigenvalue weighted by Gasteiger charge is 2.27. The van der Waals surface area contributed by atoms with E-state index in [1.54, 1.807) is 29.3 Å². The smallest absolute Gasteiger partial charge is 0.259 e. The van der Waals surface area contributed by atoms with Gasteiger partial charge in [0.25, 0.3) is 5.91 Å². The van der Waals surface area contributed by atoms with Crippen LogP contribution in [0, 0.1) is 0 Å². The molecule has 0 N–H and O–H groups in total. The first-order chi connectivity index (χ1) is 16.3. The first kappa shape index (κ1) is 20.0. The summed E-state index contributed by atoms with van der Waals surface area (Å²) in [6, 6.07) is 26.0. The van der Waals surface area contributed by atoms with E-state index < -0.39 is 0 Å². The summed E-state index contributed by atoms with van der Waals surface area (Å²) in [7, 11) is 0. The standard InChI is InChI=1S/C26H18N4OS2/c31-26-21-6-1-3-8-23(21)33-24-9-4-2-7-22(24)29(26)17-20-16-27-25(32-20)18-10-12-19(13-11-18)30-15-5-14-28-30/h1-16H,17H2. The van der Waals surface area contributed by atoms with Gasteiger partial charge in [-0.2, -0.15) is 5.10 Å². The highest BCUT2D eigenvalue weighted by atomic mass is 32.2.